The van der Waals surface area contributed by atoms with Crippen LogP contribution >= 0.6 is 0 Å². The van der Waals surface area contributed by atoms with Gasteiger partial charge in [0.2, 0.25) is 9.04 Å². The highest BCUT2D eigenvalue weighted by atomic mass is 28.3. The fourth-order valence-corrected chi connectivity index (χ4v) is 3.34. The smallest absolute Gasteiger partial charge is 0.229 e. The van der Waals surface area contributed by atoms with Crippen LogP contribution in [0.4, 0.5) is 5.69 Å². The highest BCUT2D eigenvalue weighted by molar-refractivity contribution is 6.49. The van der Waals surface area contributed by atoms with Gasteiger partial charge in [-0.15, -0.1) is 0 Å². The molecule has 0 aliphatic carbocycles. The molecular weight excluding hydrogens is 326 g/mol. The molecule has 25 heavy (non-hydrogen) atoms. The highest BCUT2D eigenvalue weighted by Crippen LogP contribution is 2.30. The van der Waals surface area contributed by atoms with Crippen LogP contribution in [0.15, 0.2) is 65.9 Å². The Kier molecular flexibility index (Phi) is 5.14. The van der Waals surface area contributed by atoms with Crippen molar-refractivity contribution in [2.75, 3.05) is 0 Å². The summed E-state index contributed by atoms with van der Waals surface area (Å²) in [7, 11) is -1.22. The zero-order valence-electron chi connectivity index (χ0n) is 15.1. The van der Waals surface area contributed by atoms with Gasteiger partial charge < -0.3 is 4.43 Å². The van der Waals surface area contributed by atoms with E-state index in [-0.39, 0.29) is 0 Å². The maximum atomic E-state index is 6.09. The van der Waals surface area contributed by atoms with Gasteiger partial charge in [-0.1, -0.05) is 36.4 Å². The minimum atomic E-state index is -1.22. The highest BCUT2D eigenvalue weighted by Gasteiger charge is 2.12. The SMILES string of the molecule is Cc1ccc(O[SiH](C)C)c(N=C(c2ccccc2)n2ccnc2C)c1. The first-order valence-corrected chi connectivity index (χ1v) is 11.2. The summed E-state index contributed by atoms with van der Waals surface area (Å²) in [6, 6.07) is 16.3. The lowest BCUT2D eigenvalue weighted by Crippen LogP contribution is -2.15. The first-order valence-electron chi connectivity index (χ1n) is 8.46. The Bertz CT molecular complexity index is 885. The molecule has 0 spiro atoms. The van der Waals surface area contributed by atoms with Crippen LogP contribution in [0.25, 0.3) is 0 Å². The quantitative estimate of drug-likeness (QED) is 0.395. The lowest BCUT2D eigenvalue weighted by molar-refractivity contribution is 0.582. The van der Waals surface area contributed by atoms with Gasteiger partial charge >= 0.3 is 0 Å². The molecule has 2 aromatic carbocycles. The van der Waals surface area contributed by atoms with Gasteiger partial charge in [0.15, 0.2) is 0 Å². The normalized spacial score (nSPS) is 11.8. The van der Waals surface area contributed by atoms with E-state index in [1.165, 1.54) is 0 Å². The van der Waals surface area contributed by atoms with Crippen LogP contribution < -0.4 is 4.43 Å². The van der Waals surface area contributed by atoms with Crippen molar-refractivity contribution in [2.45, 2.75) is 26.9 Å². The van der Waals surface area contributed by atoms with E-state index in [0.29, 0.717) is 0 Å². The third-order valence-electron chi connectivity index (χ3n) is 3.79. The second kappa shape index (κ2) is 7.48. The van der Waals surface area contributed by atoms with Gasteiger partial charge in [0.25, 0.3) is 0 Å². The number of rotatable bonds is 4. The first-order chi connectivity index (χ1) is 12.0. The van der Waals surface area contributed by atoms with E-state index >= 15 is 0 Å². The van der Waals surface area contributed by atoms with Gasteiger partial charge in [0.05, 0.1) is 0 Å². The molecule has 3 aromatic rings. The molecule has 0 amide bonds. The number of nitrogens with zero attached hydrogens (tertiary/aromatic N) is 3. The molecular formula is C20H23N3OSi. The van der Waals surface area contributed by atoms with Gasteiger partial charge in [0, 0.05) is 18.0 Å². The zero-order valence-corrected chi connectivity index (χ0v) is 16.3. The lowest BCUT2D eigenvalue weighted by Gasteiger charge is -2.15. The minimum Gasteiger partial charge on any atom is -0.546 e. The summed E-state index contributed by atoms with van der Waals surface area (Å²) < 4.78 is 8.10. The molecule has 0 saturated carbocycles. The third-order valence-corrected chi connectivity index (χ3v) is 4.51. The molecule has 0 bridgehead atoms. The zero-order chi connectivity index (χ0) is 17.8. The van der Waals surface area contributed by atoms with E-state index in [1.807, 2.05) is 42.0 Å². The molecule has 1 aromatic heterocycles. The maximum Gasteiger partial charge on any atom is 0.229 e. The second-order valence-electron chi connectivity index (χ2n) is 6.28. The van der Waals surface area contributed by atoms with E-state index in [1.54, 1.807) is 6.20 Å². The Morgan fingerprint density at radius 2 is 1.84 bits per heavy atom. The van der Waals surface area contributed by atoms with Crippen LogP contribution in [0.1, 0.15) is 17.0 Å². The molecule has 1 heterocycles. The maximum absolute atomic E-state index is 6.09. The molecule has 0 unspecified atom stereocenters. The number of aliphatic imine (C=N–C) groups is 1. The topological polar surface area (TPSA) is 39.4 Å². The van der Waals surface area contributed by atoms with Crippen LogP contribution in [-0.4, -0.2) is 24.4 Å². The largest absolute Gasteiger partial charge is 0.546 e. The van der Waals surface area contributed by atoms with Crippen molar-refractivity contribution in [3.63, 3.8) is 0 Å². The van der Waals surface area contributed by atoms with E-state index in [2.05, 4.69) is 49.3 Å². The summed E-state index contributed by atoms with van der Waals surface area (Å²) in [6.45, 7) is 8.37. The van der Waals surface area contributed by atoms with E-state index < -0.39 is 9.04 Å². The summed E-state index contributed by atoms with van der Waals surface area (Å²) in [5, 5.41) is 0. The predicted molar refractivity (Wildman–Crippen MR) is 106 cm³/mol. The second-order valence-corrected chi connectivity index (χ2v) is 8.62. The van der Waals surface area contributed by atoms with Gasteiger partial charge in [-0.3, -0.25) is 4.57 Å². The van der Waals surface area contributed by atoms with E-state index in [0.717, 1.165) is 34.2 Å². The van der Waals surface area contributed by atoms with Gasteiger partial charge in [-0.05, 0) is 44.6 Å². The van der Waals surface area contributed by atoms with Crippen molar-refractivity contribution in [2.24, 2.45) is 4.99 Å². The average Bonchev–Trinajstić information content (AvgIpc) is 3.01. The van der Waals surface area contributed by atoms with Crippen LogP contribution in [-0.2, 0) is 0 Å². The molecule has 3 rings (SSSR count). The Balaban J connectivity index is 2.17. The van der Waals surface area contributed by atoms with Gasteiger partial charge in [-0.2, -0.15) is 0 Å². The summed E-state index contributed by atoms with van der Waals surface area (Å²) in [5.41, 5.74) is 3.05. The van der Waals surface area contributed by atoms with Crippen LogP contribution in [0, 0.1) is 13.8 Å². The van der Waals surface area contributed by atoms with Crippen LogP contribution in [0.3, 0.4) is 0 Å². The number of imidazole rings is 1. The fraction of sp³-hybridized carbons (Fsp3) is 0.200. The van der Waals surface area contributed by atoms with Crippen molar-refractivity contribution in [1.82, 2.24) is 9.55 Å². The van der Waals surface area contributed by atoms with Crippen molar-refractivity contribution in [3.05, 3.63) is 77.9 Å². The molecule has 0 aliphatic heterocycles. The summed E-state index contributed by atoms with van der Waals surface area (Å²) >= 11 is 0. The summed E-state index contributed by atoms with van der Waals surface area (Å²) in [6.07, 6.45) is 3.73. The lowest BCUT2D eigenvalue weighted by atomic mass is 10.2. The van der Waals surface area contributed by atoms with Gasteiger partial charge in [0.1, 0.15) is 23.1 Å². The minimum absolute atomic E-state index is 0.844. The van der Waals surface area contributed by atoms with Crippen molar-refractivity contribution in [1.29, 1.82) is 0 Å². The number of aromatic nitrogens is 2. The number of hydrogen-bond donors (Lipinski definition) is 0. The van der Waals surface area contributed by atoms with Crippen molar-refractivity contribution in [3.8, 4) is 5.75 Å². The molecule has 0 radical (unpaired) electrons. The molecule has 128 valence electrons. The average molecular weight is 350 g/mol. The number of aryl methyl sites for hydroxylation is 2. The van der Waals surface area contributed by atoms with Crippen molar-refractivity contribution < 1.29 is 4.43 Å². The summed E-state index contributed by atoms with van der Waals surface area (Å²) in [4.78, 5) is 9.33. The number of hydrogen-bond acceptors (Lipinski definition) is 3. The standard InChI is InChI=1S/C20H23N3OSi/c1-15-10-11-19(24-25(3)4)18(14-15)22-20(17-8-6-5-7-9-17)23-13-12-21-16(23)2/h5-14,25H,1-4H3. The molecule has 4 nitrogen and oxygen atoms in total. The third kappa shape index (κ3) is 4.06. The number of benzene rings is 2. The first kappa shape index (κ1) is 17.2. The molecule has 0 saturated heterocycles. The Hall–Kier alpha value is -2.66. The molecule has 0 aliphatic rings. The molecule has 0 N–H and O–H groups in total. The van der Waals surface area contributed by atoms with Crippen LogP contribution in [0.2, 0.25) is 13.1 Å². The van der Waals surface area contributed by atoms with E-state index in [4.69, 9.17) is 9.42 Å². The Labute approximate surface area is 150 Å². The molecule has 0 atom stereocenters. The fourth-order valence-electron chi connectivity index (χ4n) is 2.63. The Morgan fingerprint density at radius 3 is 2.48 bits per heavy atom. The molecule has 5 heteroatoms. The van der Waals surface area contributed by atoms with Crippen LogP contribution in [0.5, 0.6) is 5.75 Å². The monoisotopic (exact) mass is 349 g/mol. The summed E-state index contributed by atoms with van der Waals surface area (Å²) in [5.74, 6) is 2.59. The predicted octanol–water partition coefficient (Wildman–Crippen LogP) is 4.49. The van der Waals surface area contributed by atoms with Gasteiger partial charge in [-0.25, -0.2) is 9.98 Å². The van der Waals surface area contributed by atoms with E-state index in [9.17, 15) is 0 Å². The molecule has 0 fully saturated rings. The Morgan fingerprint density at radius 1 is 1.08 bits per heavy atom. The van der Waals surface area contributed by atoms with Crippen molar-refractivity contribution >= 4 is 20.6 Å².